The van der Waals surface area contributed by atoms with Gasteiger partial charge in [0.15, 0.2) is 0 Å². The van der Waals surface area contributed by atoms with E-state index in [2.05, 4.69) is 5.32 Å². The number of nitrogens with one attached hydrogen (secondary N) is 1. The second-order valence-corrected chi connectivity index (χ2v) is 4.63. The van der Waals surface area contributed by atoms with Crippen molar-refractivity contribution >= 4 is 11.9 Å². The lowest BCUT2D eigenvalue weighted by Gasteiger charge is -2.04. The van der Waals surface area contributed by atoms with Crippen molar-refractivity contribution in [1.29, 1.82) is 0 Å². The van der Waals surface area contributed by atoms with Crippen LogP contribution in [0, 0.1) is 17.8 Å². The monoisotopic (exact) mass is 223 g/mol. The first-order chi connectivity index (χ1) is 7.65. The molecule has 2 rings (SSSR count). The predicted molar refractivity (Wildman–Crippen MR) is 58.5 cm³/mol. The van der Waals surface area contributed by atoms with Crippen molar-refractivity contribution in [2.24, 2.45) is 17.8 Å². The first-order valence-corrected chi connectivity index (χ1v) is 5.85. The van der Waals surface area contributed by atoms with Gasteiger partial charge in [-0.15, -0.1) is 0 Å². The summed E-state index contributed by atoms with van der Waals surface area (Å²) in [5, 5.41) is 11.3. The van der Waals surface area contributed by atoms with E-state index < -0.39 is 5.97 Å². The molecule has 0 aromatic heterocycles. The highest BCUT2D eigenvalue weighted by molar-refractivity contribution is 5.94. The van der Waals surface area contributed by atoms with Gasteiger partial charge in [0.1, 0.15) is 5.70 Å². The van der Waals surface area contributed by atoms with Gasteiger partial charge in [0.25, 0.3) is 0 Å². The van der Waals surface area contributed by atoms with Crippen molar-refractivity contribution in [2.45, 2.75) is 32.6 Å². The van der Waals surface area contributed by atoms with E-state index in [1.165, 1.54) is 18.9 Å². The summed E-state index contributed by atoms with van der Waals surface area (Å²) in [6.07, 6.45) is 6.09. The van der Waals surface area contributed by atoms with Crippen molar-refractivity contribution in [3.8, 4) is 0 Å². The van der Waals surface area contributed by atoms with E-state index in [0.29, 0.717) is 11.8 Å². The summed E-state index contributed by atoms with van der Waals surface area (Å²) in [6.45, 7) is 1.61. The highest BCUT2D eigenvalue weighted by Crippen LogP contribution is 2.55. The number of hydrogen-bond acceptors (Lipinski definition) is 2. The summed E-state index contributed by atoms with van der Waals surface area (Å²) in [7, 11) is 0. The van der Waals surface area contributed by atoms with E-state index in [9.17, 15) is 9.59 Å². The molecule has 0 aromatic carbocycles. The molecule has 1 amide bonds. The Kier molecular flexibility index (Phi) is 2.99. The van der Waals surface area contributed by atoms with Gasteiger partial charge in [0.2, 0.25) is 5.91 Å². The average molecular weight is 223 g/mol. The second kappa shape index (κ2) is 4.28. The maximum absolute atomic E-state index is 11.8. The van der Waals surface area contributed by atoms with Gasteiger partial charge in [-0.1, -0.05) is 18.9 Å². The molecule has 0 spiro atoms. The molecule has 2 fully saturated rings. The van der Waals surface area contributed by atoms with Gasteiger partial charge >= 0.3 is 5.97 Å². The van der Waals surface area contributed by atoms with Gasteiger partial charge in [-0.05, 0) is 31.6 Å². The van der Waals surface area contributed by atoms with Gasteiger partial charge in [-0.2, -0.15) is 0 Å². The number of carboxylic acids is 1. The highest BCUT2D eigenvalue weighted by atomic mass is 16.4. The molecule has 2 saturated carbocycles. The Bertz CT molecular complexity index is 336. The quantitative estimate of drug-likeness (QED) is 0.713. The number of carbonyl (C=O) groups is 2. The molecule has 16 heavy (non-hydrogen) atoms. The molecule has 0 bridgehead atoms. The van der Waals surface area contributed by atoms with Crippen molar-refractivity contribution in [3.63, 3.8) is 0 Å². The Morgan fingerprint density at radius 3 is 2.25 bits per heavy atom. The summed E-state index contributed by atoms with van der Waals surface area (Å²) in [5.74, 6) is -0.0787. The standard InChI is InChI=1S/C12H17NO3/c1-2-9(12(15)16)13-11(14)10-7-5-3-4-6-8(7)10/h2,7-8,10H,3-6H2,1H3,(H,13,14)(H,15,16)/b9-2-/t7-,8+,10?. The largest absolute Gasteiger partial charge is 0.477 e. The van der Waals surface area contributed by atoms with Crippen LogP contribution >= 0.6 is 0 Å². The molecule has 0 radical (unpaired) electrons. The maximum atomic E-state index is 11.8. The van der Waals surface area contributed by atoms with E-state index in [-0.39, 0.29) is 17.5 Å². The SMILES string of the molecule is C/C=C(\NC(=O)C1[C@H]2CCCC[C@@H]12)C(=O)O. The van der Waals surface area contributed by atoms with Gasteiger partial charge in [-0.3, -0.25) is 4.79 Å². The van der Waals surface area contributed by atoms with E-state index in [4.69, 9.17) is 5.11 Å². The number of hydrogen-bond donors (Lipinski definition) is 2. The number of rotatable bonds is 3. The van der Waals surface area contributed by atoms with Crippen LogP contribution < -0.4 is 5.32 Å². The van der Waals surface area contributed by atoms with Crippen LogP contribution in [0.25, 0.3) is 0 Å². The molecule has 4 nitrogen and oxygen atoms in total. The highest BCUT2D eigenvalue weighted by Gasteiger charge is 2.54. The number of fused-ring (bicyclic) bond motifs is 1. The predicted octanol–water partition coefficient (Wildman–Crippen LogP) is 1.53. The van der Waals surface area contributed by atoms with Crippen LogP contribution in [0.2, 0.25) is 0 Å². The second-order valence-electron chi connectivity index (χ2n) is 4.63. The molecule has 0 heterocycles. The van der Waals surface area contributed by atoms with Gasteiger partial charge in [0.05, 0.1) is 0 Å². The van der Waals surface area contributed by atoms with Gasteiger partial charge in [0, 0.05) is 5.92 Å². The van der Waals surface area contributed by atoms with E-state index in [0.717, 1.165) is 12.8 Å². The maximum Gasteiger partial charge on any atom is 0.352 e. The van der Waals surface area contributed by atoms with Crippen molar-refractivity contribution < 1.29 is 14.7 Å². The molecule has 2 N–H and O–H groups in total. The lowest BCUT2D eigenvalue weighted by molar-refractivity contribution is -0.135. The average Bonchev–Trinajstić information content (AvgIpc) is 2.99. The van der Waals surface area contributed by atoms with E-state index in [1.54, 1.807) is 6.92 Å². The Hall–Kier alpha value is -1.32. The minimum atomic E-state index is -1.07. The minimum Gasteiger partial charge on any atom is -0.477 e. The van der Waals surface area contributed by atoms with Crippen LogP contribution in [0.5, 0.6) is 0 Å². The number of carbonyl (C=O) groups excluding carboxylic acids is 1. The Labute approximate surface area is 94.7 Å². The molecule has 3 atom stereocenters. The molecule has 4 heteroatoms. The zero-order valence-corrected chi connectivity index (χ0v) is 9.40. The summed E-state index contributed by atoms with van der Waals surface area (Å²) < 4.78 is 0. The first kappa shape index (κ1) is 11.2. The Balaban J connectivity index is 1.92. The number of allylic oxidation sites excluding steroid dienone is 1. The Morgan fingerprint density at radius 1 is 1.25 bits per heavy atom. The molecule has 88 valence electrons. The number of carboxylic acid groups (broad SMARTS) is 1. The van der Waals surface area contributed by atoms with E-state index in [1.807, 2.05) is 0 Å². The zero-order valence-electron chi connectivity index (χ0n) is 9.40. The molecule has 2 aliphatic carbocycles. The first-order valence-electron chi connectivity index (χ1n) is 5.85. The molecule has 0 aromatic rings. The van der Waals surface area contributed by atoms with Crippen LogP contribution in [0.15, 0.2) is 11.8 Å². The van der Waals surface area contributed by atoms with Crippen molar-refractivity contribution in [2.75, 3.05) is 0 Å². The normalized spacial score (nSPS) is 32.8. The van der Waals surface area contributed by atoms with Crippen molar-refractivity contribution in [3.05, 3.63) is 11.8 Å². The summed E-state index contributed by atoms with van der Waals surface area (Å²) >= 11 is 0. The summed E-state index contributed by atoms with van der Waals surface area (Å²) in [4.78, 5) is 22.6. The van der Waals surface area contributed by atoms with Gasteiger partial charge in [-0.25, -0.2) is 4.79 Å². The third-order valence-electron chi connectivity index (χ3n) is 3.74. The van der Waals surface area contributed by atoms with E-state index >= 15 is 0 Å². The summed E-state index contributed by atoms with van der Waals surface area (Å²) in [5.41, 5.74) is -0.00588. The van der Waals surface area contributed by atoms with Gasteiger partial charge < -0.3 is 10.4 Å². The molecule has 2 aliphatic rings. The van der Waals surface area contributed by atoms with Crippen LogP contribution in [-0.4, -0.2) is 17.0 Å². The zero-order chi connectivity index (χ0) is 11.7. The lowest BCUT2D eigenvalue weighted by atomic mass is 10.0. The van der Waals surface area contributed by atoms with Crippen LogP contribution in [0.1, 0.15) is 32.6 Å². The molecule has 1 unspecified atom stereocenters. The molecular formula is C12H17NO3. The third-order valence-corrected chi connectivity index (χ3v) is 3.74. The van der Waals surface area contributed by atoms with Crippen LogP contribution in [0.4, 0.5) is 0 Å². The lowest BCUT2D eigenvalue weighted by Crippen LogP contribution is -2.29. The minimum absolute atomic E-state index is 0.00588. The fraction of sp³-hybridized carbons (Fsp3) is 0.667. The fourth-order valence-corrected chi connectivity index (χ4v) is 2.85. The fourth-order valence-electron chi connectivity index (χ4n) is 2.85. The third kappa shape index (κ3) is 1.96. The number of amides is 1. The van der Waals surface area contributed by atoms with Crippen LogP contribution in [-0.2, 0) is 9.59 Å². The Morgan fingerprint density at radius 2 is 1.81 bits per heavy atom. The van der Waals surface area contributed by atoms with Crippen molar-refractivity contribution in [1.82, 2.24) is 5.32 Å². The smallest absolute Gasteiger partial charge is 0.352 e. The van der Waals surface area contributed by atoms with Crippen LogP contribution in [0.3, 0.4) is 0 Å². The summed E-state index contributed by atoms with van der Waals surface area (Å²) in [6, 6.07) is 0. The molecule has 0 saturated heterocycles. The topological polar surface area (TPSA) is 66.4 Å². The molecule has 0 aliphatic heterocycles. The number of aliphatic carboxylic acids is 1. The molecular weight excluding hydrogens is 206 g/mol.